The average Bonchev–Trinajstić information content (AvgIpc) is 3.55. The van der Waals surface area contributed by atoms with Gasteiger partial charge in [-0.05, 0) is 75.6 Å². The molecule has 2 aromatic rings. The highest BCUT2D eigenvalue weighted by Gasteiger charge is 2.35. The minimum absolute atomic E-state index is 0.0145. The lowest BCUT2D eigenvalue weighted by atomic mass is 9.93. The molecule has 1 unspecified atom stereocenters. The molecule has 0 spiro atoms. The lowest BCUT2D eigenvalue weighted by molar-refractivity contribution is -0.0219. The number of hydrogen-bond acceptors (Lipinski definition) is 4. The Balaban J connectivity index is 1.51. The number of β-amino-alcohol motifs (C(OH)–C–C–N with tert-alkyl or cyclic N) is 1. The largest absolute Gasteiger partial charge is 0.496 e. The number of benzene rings is 2. The van der Waals surface area contributed by atoms with Gasteiger partial charge in [0.05, 0.1) is 25.9 Å². The van der Waals surface area contributed by atoms with E-state index in [9.17, 15) is 5.11 Å². The first-order chi connectivity index (χ1) is 14.3. The van der Waals surface area contributed by atoms with Gasteiger partial charge >= 0.3 is 0 Å². The van der Waals surface area contributed by atoms with Crippen LogP contribution in [0.4, 0.5) is 0 Å². The second-order valence-corrected chi connectivity index (χ2v) is 9.35. The molecule has 0 heterocycles. The number of aryl methyl sites for hydroxylation is 2. The molecule has 1 saturated carbocycles. The van der Waals surface area contributed by atoms with Gasteiger partial charge in [-0.1, -0.05) is 36.4 Å². The van der Waals surface area contributed by atoms with Crippen LogP contribution in [0.15, 0.2) is 42.5 Å². The molecule has 0 aromatic heterocycles. The molecule has 4 nitrogen and oxygen atoms in total. The Hall–Kier alpha value is -1.88. The van der Waals surface area contributed by atoms with E-state index in [0.717, 1.165) is 17.7 Å². The van der Waals surface area contributed by atoms with Crippen molar-refractivity contribution in [3.8, 4) is 5.75 Å². The molecule has 2 atom stereocenters. The first-order valence-corrected chi connectivity index (χ1v) is 11.0. The first kappa shape index (κ1) is 22.8. The summed E-state index contributed by atoms with van der Waals surface area (Å²) in [5.41, 5.74) is 4.92. The van der Waals surface area contributed by atoms with Crippen molar-refractivity contribution in [2.75, 3.05) is 20.3 Å². The van der Waals surface area contributed by atoms with E-state index in [4.69, 9.17) is 9.47 Å². The van der Waals surface area contributed by atoms with Crippen molar-refractivity contribution in [1.29, 1.82) is 0 Å². The second-order valence-electron chi connectivity index (χ2n) is 9.35. The third-order valence-corrected chi connectivity index (χ3v) is 6.00. The number of hydrogen-bond donors (Lipinski definition) is 2. The molecular formula is C26H37NO3. The number of rotatable bonds is 11. The summed E-state index contributed by atoms with van der Waals surface area (Å²) < 4.78 is 11.7. The monoisotopic (exact) mass is 411 g/mol. The fourth-order valence-electron chi connectivity index (χ4n) is 3.93. The van der Waals surface area contributed by atoms with Gasteiger partial charge in [-0.2, -0.15) is 0 Å². The molecule has 0 radical (unpaired) electrons. The van der Waals surface area contributed by atoms with Gasteiger partial charge < -0.3 is 19.9 Å². The van der Waals surface area contributed by atoms with Crippen molar-refractivity contribution in [2.45, 2.75) is 64.7 Å². The van der Waals surface area contributed by atoms with Gasteiger partial charge in [-0.3, -0.25) is 0 Å². The van der Waals surface area contributed by atoms with Gasteiger partial charge in [0, 0.05) is 17.6 Å². The molecule has 30 heavy (non-hydrogen) atoms. The maximum Gasteiger partial charge on any atom is 0.124 e. The highest BCUT2D eigenvalue weighted by molar-refractivity contribution is 5.36. The minimum Gasteiger partial charge on any atom is -0.496 e. The summed E-state index contributed by atoms with van der Waals surface area (Å²) in [6.45, 7) is 9.46. The molecule has 1 fully saturated rings. The van der Waals surface area contributed by atoms with Gasteiger partial charge in [-0.25, -0.2) is 0 Å². The van der Waals surface area contributed by atoms with Gasteiger partial charge in [0.15, 0.2) is 0 Å². The van der Waals surface area contributed by atoms with Crippen LogP contribution in [0.5, 0.6) is 5.75 Å². The zero-order valence-electron chi connectivity index (χ0n) is 19.1. The molecule has 0 bridgehead atoms. The van der Waals surface area contributed by atoms with Crippen LogP contribution in [0.3, 0.4) is 0 Å². The Morgan fingerprint density at radius 1 is 1.10 bits per heavy atom. The summed E-state index contributed by atoms with van der Waals surface area (Å²) in [5, 5.41) is 14.1. The Labute approximate surface area is 181 Å². The van der Waals surface area contributed by atoms with E-state index in [0.29, 0.717) is 19.1 Å². The third-order valence-electron chi connectivity index (χ3n) is 6.00. The van der Waals surface area contributed by atoms with Crippen LogP contribution in [0.25, 0.3) is 0 Å². The highest BCUT2D eigenvalue weighted by atomic mass is 16.5. The predicted molar refractivity (Wildman–Crippen MR) is 122 cm³/mol. The summed E-state index contributed by atoms with van der Waals surface area (Å²) in [5.74, 6) is 1.37. The predicted octanol–water partition coefficient (Wildman–Crippen LogP) is 4.75. The molecule has 1 aliphatic carbocycles. The van der Waals surface area contributed by atoms with E-state index >= 15 is 0 Å². The number of methoxy groups -OCH3 is 1. The van der Waals surface area contributed by atoms with Crippen LogP contribution in [0, 0.1) is 19.8 Å². The van der Waals surface area contributed by atoms with E-state index in [2.05, 4.69) is 57.3 Å². The van der Waals surface area contributed by atoms with Gasteiger partial charge in [0.1, 0.15) is 5.75 Å². The maximum atomic E-state index is 10.6. The van der Waals surface area contributed by atoms with Crippen LogP contribution < -0.4 is 10.1 Å². The minimum atomic E-state index is -0.556. The smallest absolute Gasteiger partial charge is 0.124 e. The van der Waals surface area contributed by atoms with E-state index in [1.807, 2.05) is 18.2 Å². The van der Waals surface area contributed by atoms with Gasteiger partial charge in [-0.15, -0.1) is 0 Å². The summed E-state index contributed by atoms with van der Waals surface area (Å²) in [7, 11) is 1.69. The Morgan fingerprint density at radius 3 is 2.50 bits per heavy atom. The van der Waals surface area contributed by atoms with E-state index in [1.54, 1.807) is 7.11 Å². The number of aliphatic hydroxyl groups excluding tert-OH is 1. The van der Waals surface area contributed by atoms with E-state index < -0.39 is 6.10 Å². The number of ether oxygens (including phenoxy) is 2. The molecule has 4 heteroatoms. The van der Waals surface area contributed by atoms with Gasteiger partial charge in [0.2, 0.25) is 0 Å². The average molecular weight is 412 g/mol. The molecule has 2 N–H and O–H groups in total. The molecule has 0 amide bonds. The summed E-state index contributed by atoms with van der Waals surface area (Å²) in [6.07, 6.45) is 2.67. The summed E-state index contributed by atoms with van der Waals surface area (Å²) in [4.78, 5) is 0. The standard InChI is InChI=1S/C26H37NO3/c1-18-10-11-20(14-19(18)2)15-26(3,4)27-16-22(28)17-30-25(21-12-13-21)23-8-6-7-9-24(23)29-5/h6-11,14,21-22,25,27-28H,12-13,15-17H2,1-5H3/t22-,25?/m1/s1. The lowest BCUT2D eigenvalue weighted by Gasteiger charge is -2.29. The zero-order chi connectivity index (χ0) is 21.7. The highest BCUT2D eigenvalue weighted by Crippen LogP contribution is 2.45. The number of para-hydroxylation sites is 1. The molecule has 164 valence electrons. The molecule has 0 saturated heterocycles. The Morgan fingerprint density at radius 2 is 1.83 bits per heavy atom. The van der Waals surface area contributed by atoms with Crippen molar-refractivity contribution in [2.24, 2.45) is 5.92 Å². The maximum absolute atomic E-state index is 10.6. The normalized spacial score (nSPS) is 16.3. The van der Waals surface area contributed by atoms with Crippen LogP contribution in [0.1, 0.15) is 55.0 Å². The van der Waals surface area contributed by atoms with Crippen molar-refractivity contribution in [3.05, 3.63) is 64.7 Å². The van der Waals surface area contributed by atoms with Crippen molar-refractivity contribution in [3.63, 3.8) is 0 Å². The van der Waals surface area contributed by atoms with E-state index in [1.165, 1.54) is 29.5 Å². The Kier molecular flexibility index (Phi) is 7.56. The summed E-state index contributed by atoms with van der Waals surface area (Å²) in [6, 6.07) is 14.7. The van der Waals surface area contributed by atoms with Crippen LogP contribution >= 0.6 is 0 Å². The van der Waals surface area contributed by atoms with Crippen molar-refractivity contribution in [1.82, 2.24) is 5.32 Å². The zero-order valence-corrected chi connectivity index (χ0v) is 19.1. The molecule has 1 aliphatic rings. The quantitative estimate of drug-likeness (QED) is 0.560. The lowest BCUT2D eigenvalue weighted by Crippen LogP contribution is -2.46. The topological polar surface area (TPSA) is 50.7 Å². The number of aliphatic hydroxyl groups is 1. The molecular weight excluding hydrogens is 374 g/mol. The molecule has 3 rings (SSSR count). The van der Waals surface area contributed by atoms with Crippen molar-refractivity contribution >= 4 is 0 Å². The molecule has 2 aromatic carbocycles. The first-order valence-electron chi connectivity index (χ1n) is 11.0. The van der Waals surface area contributed by atoms with Crippen LogP contribution in [-0.4, -0.2) is 37.0 Å². The van der Waals surface area contributed by atoms with Crippen LogP contribution in [0.2, 0.25) is 0 Å². The van der Waals surface area contributed by atoms with Gasteiger partial charge in [0.25, 0.3) is 0 Å². The van der Waals surface area contributed by atoms with Crippen LogP contribution in [-0.2, 0) is 11.2 Å². The third kappa shape index (κ3) is 6.31. The SMILES string of the molecule is COc1ccccc1C(OC[C@H](O)CNC(C)(C)Cc1ccc(C)c(C)c1)C1CC1. The second kappa shape index (κ2) is 9.95. The fourth-order valence-corrected chi connectivity index (χ4v) is 3.93. The Bertz CT molecular complexity index is 829. The fraction of sp³-hybridized carbons (Fsp3) is 0.538. The summed E-state index contributed by atoms with van der Waals surface area (Å²) >= 11 is 0. The number of nitrogens with one attached hydrogen (secondary N) is 1. The van der Waals surface area contributed by atoms with E-state index in [-0.39, 0.29) is 11.6 Å². The van der Waals surface area contributed by atoms with Crippen molar-refractivity contribution < 1.29 is 14.6 Å². The molecule has 0 aliphatic heterocycles.